The number of methoxy groups -OCH3 is 3. The van der Waals surface area contributed by atoms with Gasteiger partial charge in [-0.05, 0) is 58.7 Å². The molecule has 0 bridgehead atoms. The molecule has 2 aliphatic heterocycles. The first kappa shape index (κ1) is 26.1. The molecule has 0 radical (unpaired) electrons. The highest BCUT2D eigenvalue weighted by Gasteiger charge is 2.52. The first-order chi connectivity index (χ1) is 19.4. The lowest BCUT2D eigenvalue weighted by molar-refractivity contribution is -0.141. The smallest absolute Gasteiger partial charge is 0.310 e. The van der Waals surface area contributed by atoms with Crippen molar-refractivity contribution in [1.82, 2.24) is 5.32 Å². The molecule has 1 fully saturated rings. The van der Waals surface area contributed by atoms with Gasteiger partial charge in [0.15, 0.2) is 23.0 Å². The molecule has 9 nitrogen and oxygen atoms in total. The van der Waals surface area contributed by atoms with Crippen LogP contribution < -0.4 is 33.9 Å². The Morgan fingerprint density at radius 2 is 1.52 bits per heavy atom. The average Bonchev–Trinajstić information content (AvgIpc) is 3.59. The maximum absolute atomic E-state index is 13.4. The zero-order chi connectivity index (χ0) is 28.0. The molecule has 3 aliphatic rings. The van der Waals surface area contributed by atoms with Gasteiger partial charge in [0.25, 0.3) is 0 Å². The van der Waals surface area contributed by atoms with Gasteiger partial charge in [-0.2, -0.15) is 0 Å². The lowest BCUT2D eigenvalue weighted by Gasteiger charge is -2.39. The van der Waals surface area contributed by atoms with E-state index in [1.807, 2.05) is 32.3 Å². The number of ether oxygens (including phenoxy) is 6. The number of esters is 1. The normalized spacial score (nSPS) is 22.3. The van der Waals surface area contributed by atoms with E-state index in [2.05, 4.69) is 40.5 Å². The van der Waals surface area contributed by atoms with Crippen molar-refractivity contribution in [3.05, 3.63) is 70.8 Å². The van der Waals surface area contributed by atoms with Gasteiger partial charge in [0.05, 0.1) is 33.9 Å². The van der Waals surface area contributed by atoms with Crippen molar-refractivity contribution in [2.45, 2.75) is 18.5 Å². The van der Waals surface area contributed by atoms with E-state index in [-0.39, 0.29) is 30.6 Å². The molecule has 9 heteroatoms. The highest BCUT2D eigenvalue weighted by molar-refractivity contribution is 5.79. The standard InChI is InChI=1S/C31H34N2O7/c1-33(2)19-8-6-17(7-9-19)14-32-29-21-13-24-23(39-16-40-24)12-20(21)27(28-22(29)15-38-31(28)34)18-10-25(35-3)30(37-5)26(11-18)36-4/h6-13,22,27-29,32H,14-16H2,1-5H3. The van der Waals surface area contributed by atoms with E-state index in [1.165, 1.54) is 0 Å². The quantitative estimate of drug-likeness (QED) is 0.416. The highest BCUT2D eigenvalue weighted by atomic mass is 16.7. The summed E-state index contributed by atoms with van der Waals surface area (Å²) in [6.07, 6.45) is 0. The van der Waals surface area contributed by atoms with E-state index in [1.54, 1.807) is 21.3 Å². The number of rotatable bonds is 8. The molecule has 40 heavy (non-hydrogen) atoms. The Labute approximate surface area is 233 Å². The van der Waals surface area contributed by atoms with Gasteiger partial charge in [-0.3, -0.25) is 4.79 Å². The number of anilines is 1. The van der Waals surface area contributed by atoms with Crippen LogP contribution in [0.25, 0.3) is 0 Å². The minimum absolute atomic E-state index is 0.0921. The molecule has 4 unspecified atom stereocenters. The minimum atomic E-state index is -0.413. The van der Waals surface area contributed by atoms with Crippen LogP contribution in [-0.4, -0.2) is 54.8 Å². The predicted octanol–water partition coefficient (Wildman–Crippen LogP) is 4.27. The summed E-state index contributed by atoms with van der Waals surface area (Å²) in [7, 11) is 8.80. The second kappa shape index (κ2) is 10.5. The average molecular weight is 547 g/mol. The van der Waals surface area contributed by atoms with Crippen LogP contribution in [0.3, 0.4) is 0 Å². The summed E-state index contributed by atoms with van der Waals surface area (Å²) in [4.78, 5) is 15.5. The van der Waals surface area contributed by atoms with Crippen molar-refractivity contribution in [2.75, 3.05) is 53.7 Å². The second-order valence-corrected chi connectivity index (χ2v) is 10.5. The molecule has 1 saturated heterocycles. The number of nitrogens with zero attached hydrogens (tertiary/aromatic N) is 1. The molecule has 210 valence electrons. The van der Waals surface area contributed by atoms with Crippen LogP contribution in [-0.2, 0) is 16.1 Å². The molecule has 0 aromatic heterocycles. The van der Waals surface area contributed by atoms with Gasteiger partial charge in [0.2, 0.25) is 12.5 Å². The fourth-order valence-electron chi connectivity index (χ4n) is 6.24. The number of hydrogen-bond acceptors (Lipinski definition) is 9. The lowest BCUT2D eigenvalue weighted by Crippen LogP contribution is -2.40. The van der Waals surface area contributed by atoms with Crippen LogP contribution in [0.1, 0.15) is 34.2 Å². The molecular formula is C31H34N2O7. The number of nitrogens with one attached hydrogen (secondary N) is 1. The Hall–Kier alpha value is -4.11. The van der Waals surface area contributed by atoms with Crippen molar-refractivity contribution >= 4 is 11.7 Å². The molecule has 1 aliphatic carbocycles. The van der Waals surface area contributed by atoms with Crippen molar-refractivity contribution in [3.8, 4) is 28.7 Å². The molecule has 3 aromatic carbocycles. The van der Waals surface area contributed by atoms with Crippen molar-refractivity contribution < 1.29 is 33.2 Å². The fraction of sp³-hybridized carbons (Fsp3) is 0.387. The number of cyclic esters (lactones) is 1. The Kier molecular flexibility index (Phi) is 6.83. The van der Waals surface area contributed by atoms with Crippen molar-refractivity contribution in [3.63, 3.8) is 0 Å². The fourth-order valence-corrected chi connectivity index (χ4v) is 6.24. The van der Waals surface area contributed by atoms with Crippen LogP contribution in [0.5, 0.6) is 28.7 Å². The Morgan fingerprint density at radius 3 is 2.12 bits per heavy atom. The third-order valence-electron chi connectivity index (χ3n) is 8.21. The van der Waals surface area contributed by atoms with Crippen LogP contribution in [0, 0.1) is 11.8 Å². The van der Waals surface area contributed by atoms with Gasteiger partial charge in [-0.1, -0.05) is 12.1 Å². The molecule has 2 heterocycles. The zero-order valence-electron chi connectivity index (χ0n) is 23.4. The molecule has 6 rings (SSSR count). The predicted molar refractivity (Wildman–Crippen MR) is 149 cm³/mol. The third kappa shape index (κ3) is 4.34. The monoisotopic (exact) mass is 546 g/mol. The summed E-state index contributed by atoms with van der Waals surface area (Å²) in [6, 6.07) is 16.2. The number of carbonyl (C=O) groups excluding carboxylic acids is 1. The first-order valence-corrected chi connectivity index (χ1v) is 13.3. The van der Waals surface area contributed by atoms with Crippen molar-refractivity contribution in [2.24, 2.45) is 11.8 Å². The van der Waals surface area contributed by atoms with Crippen LogP contribution in [0.4, 0.5) is 5.69 Å². The summed E-state index contributed by atoms with van der Waals surface area (Å²) >= 11 is 0. The summed E-state index contributed by atoms with van der Waals surface area (Å²) in [5.41, 5.74) is 5.22. The SMILES string of the molecule is COc1cc(C2c3cc4c(cc3C(NCc3ccc(N(C)C)cc3)C3COC(=O)C23)OCO4)cc(OC)c1OC. The summed E-state index contributed by atoms with van der Waals surface area (Å²) < 4.78 is 34.2. The zero-order valence-corrected chi connectivity index (χ0v) is 23.4. The summed E-state index contributed by atoms with van der Waals surface area (Å²) in [5, 5.41) is 3.75. The van der Waals surface area contributed by atoms with E-state index >= 15 is 0 Å². The molecule has 0 saturated carbocycles. The van der Waals surface area contributed by atoms with Gasteiger partial charge in [0.1, 0.15) is 0 Å². The Bertz CT molecular complexity index is 1400. The van der Waals surface area contributed by atoms with Crippen LogP contribution in [0.15, 0.2) is 48.5 Å². The van der Waals surface area contributed by atoms with Gasteiger partial charge in [0, 0.05) is 44.2 Å². The number of hydrogen-bond donors (Lipinski definition) is 1. The number of benzene rings is 3. The molecule has 1 N–H and O–H groups in total. The minimum Gasteiger partial charge on any atom is -0.493 e. The van der Waals surface area contributed by atoms with Gasteiger partial charge < -0.3 is 38.6 Å². The van der Waals surface area contributed by atoms with Crippen molar-refractivity contribution in [1.29, 1.82) is 0 Å². The second-order valence-electron chi connectivity index (χ2n) is 10.5. The van der Waals surface area contributed by atoms with Gasteiger partial charge in [-0.15, -0.1) is 0 Å². The summed E-state index contributed by atoms with van der Waals surface area (Å²) in [6.45, 7) is 1.13. The van der Waals surface area contributed by atoms with E-state index in [9.17, 15) is 4.79 Å². The Balaban J connectivity index is 1.45. The molecule has 3 aromatic rings. The van der Waals surface area contributed by atoms with E-state index in [4.69, 9.17) is 28.4 Å². The topological polar surface area (TPSA) is 87.7 Å². The maximum Gasteiger partial charge on any atom is 0.310 e. The van der Waals surface area contributed by atoms with E-state index < -0.39 is 5.92 Å². The molecule has 0 amide bonds. The van der Waals surface area contributed by atoms with Crippen LogP contribution >= 0.6 is 0 Å². The molecular weight excluding hydrogens is 512 g/mol. The third-order valence-corrected chi connectivity index (χ3v) is 8.21. The number of fused-ring (bicyclic) bond motifs is 3. The van der Waals surface area contributed by atoms with Crippen LogP contribution in [0.2, 0.25) is 0 Å². The summed E-state index contributed by atoms with van der Waals surface area (Å²) in [5.74, 6) is 1.90. The highest BCUT2D eigenvalue weighted by Crippen LogP contribution is 2.55. The lowest BCUT2D eigenvalue weighted by atomic mass is 9.65. The van der Waals surface area contributed by atoms with E-state index in [0.717, 1.165) is 27.9 Å². The molecule has 0 spiro atoms. The maximum atomic E-state index is 13.4. The molecule has 4 atom stereocenters. The first-order valence-electron chi connectivity index (χ1n) is 13.3. The number of carbonyl (C=O) groups is 1. The Morgan fingerprint density at radius 1 is 0.875 bits per heavy atom. The largest absolute Gasteiger partial charge is 0.493 e. The van der Waals surface area contributed by atoms with E-state index in [0.29, 0.717) is 41.9 Å². The van der Waals surface area contributed by atoms with Gasteiger partial charge in [-0.25, -0.2) is 0 Å². The van der Waals surface area contributed by atoms with Gasteiger partial charge >= 0.3 is 5.97 Å².